The van der Waals surface area contributed by atoms with E-state index in [-0.39, 0.29) is 5.92 Å². The van der Waals surface area contributed by atoms with Gasteiger partial charge in [0.1, 0.15) is 5.52 Å². The molecule has 0 unspecified atom stereocenters. The molecule has 4 nitrogen and oxygen atoms in total. The Bertz CT molecular complexity index is 1170. The van der Waals surface area contributed by atoms with Crippen LogP contribution in [0.1, 0.15) is 53.4 Å². The van der Waals surface area contributed by atoms with Crippen LogP contribution in [0.4, 0.5) is 13.2 Å². The van der Waals surface area contributed by atoms with Crippen molar-refractivity contribution in [1.82, 2.24) is 20.3 Å². The Balaban J connectivity index is 1.29. The molecule has 1 fully saturated rings. The van der Waals surface area contributed by atoms with Crippen LogP contribution in [0.25, 0.3) is 11.0 Å². The van der Waals surface area contributed by atoms with Crippen molar-refractivity contribution in [2.45, 2.75) is 37.3 Å². The predicted molar refractivity (Wildman–Crippen MR) is 127 cm³/mol. The maximum atomic E-state index is 13.8. The van der Waals surface area contributed by atoms with E-state index in [1.807, 2.05) is 12.1 Å². The van der Waals surface area contributed by atoms with Crippen molar-refractivity contribution in [2.75, 3.05) is 19.6 Å². The Morgan fingerprint density at radius 1 is 0.882 bits per heavy atom. The van der Waals surface area contributed by atoms with Crippen LogP contribution >= 0.6 is 0 Å². The minimum Gasteiger partial charge on any atom is -0.303 e. The first-order valence-corrected chi connectivity index (χ1v) is 11.7. The molecule has 0 atom stereocenters. The number of hydrogen-bond acceptors (Lipinski definition) is 3. The fourth-order valence-corrected chi connectivity index (χ4v) is 5.25. The number of halogens is 3. The molecule has 1 saturated heterocycles. The number of likely N-dealkylation sites (tertiary alicyclic amines) is 1. The van der Waals surface area contributed by atoms with Crippen molar-refractivity contribution in [3.05, 3.63) is 95.1 Å². The zero-order chi connectivity index (χ0) is 23.5. The Morgan fingerprint density at radius 2 is 1.50 bits per heavy atom. The number of rotatable bonds is 6. The second-order valence-corrected chi connectivity index (χ2v) is 9.01. The van der Waals surface area contributed by atoms with Gasteiger partial charge in [-0.25, -0.2) is 0 Å². The molecular weight excluding hydrogens is 437 g/mol. The Kier molecular flexibility index (Phi) is 6.37. The van der Waals surface area contributed by atoms with Crippen LogP contribution in [0, 0.1) is 0 Å². The molecule has 34 heavy (non-hydrogen) atoms. The minimum atomic E-state index is -4.40. The van der Waals surface area contributed by atoms with Crippen molar-refractivity contribution in [1.29, 1.82) is 0 Å². The zero-order valence-electron chi connectivity index (χ0n) is 18.8. The number of aromatic amines is 1. The Morgan fingerprint density at radius 3 is 2.09 bits per heavy atom. The number of nitrogens with zero attached hydrogens (tertiary/aromatic N) is 3. The van der Waals surface area contributed by atoms with E-state index in [1.165, 1.54) is 17.2 Å². The highest BCUT2D eigenvalue weighted by Crippen LogP contribution is 2.41. The fourth-order valence-electron chi connectivity index (χ4n) is 5.25. The van der Waals surface area contributed by atoms with Gasteiger partial charge in [-0.1, -0.05) is 65.9 Å². The van der Waals surface area contributed by atoms with Gasteiger partial charge in [0.2, 0.25) is 0 Å². The van der Waals surface area contributed by atoms with E-state index in [2.05, 4.69) is 68.8 Å². The van der Waals surface area contributed by atoms with Crippen LogP contribution in [0.2, 0.25) is 0 Å². The summed E-state index contributed by atoms with van der Waals surface area (Å²) in [5.74, 6) is 0.113. The molecule has 0 radical (unpaired) electrons. The van der Waals surface area contributed by atoms with Crippen LogP contribution in [0.5, 0.6) is 0 Å². The summed E-state index contributed by atoms with van der Waals surface area (Å²) in [6.07, 6.45) is -2.09. The van der Waals surface area contributed by atoms with Crippen molar-refractivity contribution in [3.8, 4) is 0 Å². The summed E-state index contributed by atoms with van der Waals surface area (Å²) >= 11 is 0. The third-order valence-corrected chi connectivity index (χ3v) is 6.98. The third-order valence-electron chi connectivity index (χ3n) is 6.98. The number of benzene rings is 3. The number of piperidine rings is 1. The summed E-state index contributed by atoms with van der Waals surface area (Å²) < 4.78 is 41.3. The highest BCUT2D eigenvalue weighted by Gasteiger charge is 2.37. The monoisotopic (exact) mass is 464 g/mol. The standard InChI is InChI=1S/C27H27F3N4/c28-27(29,30)23-11-12-24-26(32-33-31-24)25(23)21-13-16-34(17-14-21)18-15-22(19-7-3-1-4-8-19)20-9-5-2-6-10-20/h1-12,21-22H,13-18H2,(H,31,32,33). The van der Waals surface area contributed by atoms with E-state index >= 15 is 0 Å². The largest absolute Gasteiger partial charge is 0.416 e. The summed E-state index contributed by atoms with van der Waals surface area (Å²) in [7, 11) is 0. The van der Waals surface area contributed by atoms with Gasteiger partial charge in [-0.3, -0.25) is 5.10 Å². The lowest BCUT2D eigenvalue weighted by Gasteiger charge is -2.34. The molecule has 7 heteroatoms. The highest BCUT2D eigenvalue weighted by atomic mass is 19.4. The van der Waals surface area contributed by atoms with Gasteiger partial charge in [0.15, 0.2) is 0 Å². The fraction of sp³-hybridized carbons (Fsp3) is 0.333. The van der Waals surface area contributed by atoms with Gasteiger partial charge in [-0.2, -0.15) is 13.2 Å². The normalized spacial score (nSPS) is 15.9. The molecule has 4 aromatic rings. The van der Waals surface area contributed by atoms with Gasteiger partial charge in [-0.05, 0) is 73.6 Å². The SMILES string of the molecule is FC(F)(F)c1ccc2[nH]nnc2c1C1CCN(CCC(c2ccccc2)c2ccccc2)CC1. The minimum absolute atomic E-state index is 0.180. The first-order valence-electron chi connectivity index (χ1n) is 11.7. The molecule has 0 amide bonds. The van der Waals surface area contributed by atoms with Gasteiger partial charge < -0.3 is 4.90 Å². The summed E-state index contributed by atoms with van der Waals surface area (Å²) in [4.78, 5) is 2.38. The molecule has 0 saturated carbocycles. The van der Waals surface area contributed by atoms with Gasteiger partial charge in [0, 0.05) is 5.92 Å². The topological polar surface area (TPSA) is 44.8 Å². The van der Waals surface area contributed by atoms with Crippen LogP contribution in [0.15, 0.2) is 72.8 Å². The summed E-state index contributed by atoms with van der Waals surface area (Å²) in [5, 5.41) is 10.5. The van der Waals surface area contributed by atoms with E-state index < -0.39 is 11.7 Å². The molecule has 0 aliphatic carbocycles. The second kappa shape index (κ2) is 9.58. The van der Waals surface area contributed by atoms with E-state index in [1.54, 1.807) is 0 Å². The zero-order valence-corrected chi connectivity index (χ0v) is 18.8. The molecule has 0 spiro atoms. The van der Waals surface area contributed by atoms with Crippen LogP contribution in [-0.4, -0.2) is 39.9 Å². The smallest absolute Gasteiger partial charge is 0.303 e. The number of aromatic nitrogens is 3. The lowest BCUT2D eigenvalue weighted by Crippen LogP contribution is -2.35. The molecule has 5 rings (SSSR count). The van der Waals surface area contributed by atoms with E-state index in [0.717, 1.165) is 32.1 Å². The maximum absolute atomic E-state index is 13.8. The highest BCUT2D eigenvalue weighted by molar-refractivity contribution is 5.79. The van der Waals surface area contributed by atoms with Gasteiger partial charge >= 0.3 is 6.18 Å². The van der Waals surface area contributed by atoms with Crippen LogP contribution in [0.3, 0.4) is 0 Å². The first kappa shape index (κ1) is 22.6. The molecule has 2 heterocycles. The first-order chi connectivity index (χ1) is 16.5. The number of hydrogen-bond donors (Lipinski definition) is 1. The van der Waals surface area contributed by atoms with E-state index in [9.17, 15) is 13.2 Å². The average Bonchev–Trinajstić information content (AvgIpc) is 3.34. The van der Waals surface area contributed by atoms with E-state index in [0.29, 0.717) is 35.4 Å². The van der Waals surface area contributed by atoms with Gasteiger partial charge in [-0.15, -0.1) is 5.10 Å². The third kappa shape index (κ3) is 4.71. The molecule has 176 valence electrons. The molecule has 1 N–H and O–H groups in total. The van der Waals surface area contributed by atoms with Crippen molar-refractivity contribution in [2.24, 2.45) is 0 Å². The molecule has 1 aliphatic rings. The molecular formula is C27H27F3N4. The number of nitrogens with one attached hydrogen (secondary N) is 1. The van der Waals surface area contributed by atoms with Crippen molar-refractivity contribution < 1.29 is 13.2 Å². The quantitative estimate of drug-likeness (QED) is 0.360. The number of alkyl halides is 3. The molecule has 0 bridgehead atoms. The summed E-state index contributed by atoms with van der Waals surface area (Å²) in [6.45, 7) is 2.44. The number of H-pyrrole nitrogens is 1. The van der Waals surface area contributed by atoms with Gasteiger partial charge in [0.05, 0.1) is 11.1 Å². The second-order valence-electron chi connectivity index (χ2n) is 9.01. The predicted octanol–water partition coefficient (Wildman–Crippen LogP) is 6.38. The molecule has 3 aromatic carbocycles. The lowest BCUT2D eigenvalue weighted by atomic mass is 9.84. The van der Waals surface area contributed by atoms with Gasteiger partial charge in [0.25, 0.3) is 0 Å². The van der Waals surface area contributed by atoms with E-state index in [4.69, 9.17) is 0 Å². The molecule has 1 aliphatic heterocycles. The number of fused-ring (bicyclic) bond motifs is 1. The Labute approximate surface area is 196 Å². The van der Waals surface area contributed by atoms with Crippen LogP contribution in [-0.2, 0) is 6.18 Å². The summed E-state index contributed by atoms with van der Waals surface area (Å²) in [6, 6.07) is 23.6. The lowest BCUT2D eigenvalue weighted by molar-refractivity contribution is -0.138. The van der Waals surface area contributed by atoms with Crippen molar-refractivity contribution in [3.63, 3.8) is 0 Å². The van der Waals surface area contributed by atoms with Crippen LogP contribution < -0.4 is 0 Å². The average molecular weight is 465 g/mol. The Hall–Kier alpha value is -3.19. The molecule has 1 aromatic heterocycles. The maximum Gasteiger partial charge on any atom is 0.416 e. The summed E-state index contributed by atoms with van der Waals surface area (Å²) in [5.41, 5.74) is 3.19. The van der Waals surface area contributed by atoms with Crippen molar-refractivity contribution >= 4 is 11.0 Å².